The maximum Gasteiger partial charge on any atom is 0.185 e. The van der Waals surface area contributed by atoms with Crippen molar-refractivity contribution in [2.75, 3.05) is 18.0 Å². The Labute approximate surface area is 116 Å². The molecule has 0 aromatic carbocycles. The molecule has 2 aromatic heterocycles. The summed E-state index contributed by atoms with van der Waals surface area (Å²) in [7, 11) is 0. The van der Waals surface area contributed by atoms with Crippen LogP contribution in [0.25, 0.3) is 0 Å². The Hall–Kier alpha value is -0.910. The Morgan fingerprint density at radius 2 is 2.22 bits per heavy atom. The van der Waals surface area contributed by atoms with E-state index in [4.69, 9.17) is 0 Å². The van der Waals surface area contributed by atoms with Gasteiger partial charge in [-0.2, -0.15) is 0 Å². The van der Waals surface area contributed by atoms with Crippen LogP contribution in [0.3, 0.4) is 0 Å². The van der Waals surface area contributed by atoms with E-state index in [1.807, 2.05) is 6.20 Å². The molecule has 0 unspecified atom stereocenters. The molecule has 98 valence electrons. The number of nitrogens with zero attached hydrogens (tertiary/aromatic N) is 2. The van der Waals surface area contributed by atoms with Gasteiger partial charge in [-0.05, 0) is 24.9 Å². The van der Waals surface area contributed by atoms with Crippen molar-refractivity contribution < 1.29 is 0 Å². The lowest BCUT2D eigenvalue weighted by atomic mass is 10.4. The highest BCUT2D eigenvalue weighted by Crippen LogP contribution is 2.24. The molecular formula is C13H19N3S2. The fourth-order valence-corrected chi connectivity index (χ4v) is 3.34. The summed E-state index contributed by atoms with van der Waals surface area (Å²) < 4.78 is 0. The first kappa shape index (κ1) is 13.5. The first-order valence-corrected chi connectivity index (χ1v) is 7.95. The van der Waals surface area contributed by atoms with Gasteiger partial charge in [0.1, 0.15) is 0 Å². The lowest BCUT2D eigenvalue weighted by molar-refractivity contribution is 0.734. The molecule has 0 atom stereocenters. The van der Waals surface area contributed by atoms with Gasteiger partial charge in [0.2, 0.25) is 0 Å². The van der Waals surface area contributed by atoms with Crippen LogP contribution in [0.5, 0.6) is 0 Å². The molecule has 0 amide bonds. The predicted octanol–water partition coefficient (Wildman–Crippen LogP) is 3.34. The van der Waals surface area contributed by atoms with E-state index >= 15 is 0 Å². The normalized spacial score (nSPS) is 10.8. The molecule has 0 saturated carbocycles. The summed E-state index contributed by atoms with van der Waals surface area (Å²) in [5, 5.41) is 6.58. The predicted molar refractivity (Wildman–Crippen MR) is 80.5 cm³/mol. The summed E-state index contributed by atoms with van der Waals surface area (Å²) in [6.45, 7) is 8.18. The maximum absolute atomic E-state index is 4.53. The van der Waals surface area contributed by atoms with Crippen molar-refractivity contribution in [1.82, 2.24) is 10.3 Å². The Bertz CT molecular complexity index is 451. The van der Waals surface area contributed by atoms with Crippen LogP contribution in [0.1, 0.15) is 23.6 Å². The number of nitrogens with one attached hydrogen (secondary N) is 1. The second-order valence-electron chi connectivity index (χ2n) is 3.98. The summed E-state index contributed by atoms with van der Waals surface area (Å²) in [5.41, 5.74) is 0. The van der Waals surface area contributed by atoms with Crippen LogP contribution in [-0.2, 0) is 13.1 Å². The van der Waals surface area contributed by atoms with E-state index in [2.05, 4.69) is 46.6 Å². The van der Waals surface area contributed by atoms with Crippen LogP contribution in [0.15, 0.2) is 23.7 Å². The Balaban J connectivity index is 2.00. The standard InChI is InChI=1S/C13H19N3S2/c1-3-14-8-12-9-15-13(18-12)16(4-2)10-11-6-5-7-17-11/h5-7,9,14H,3-4,8,10H2,1-2H3. The highest BCUT2D eigenvalue weighted by atomic mass is 32.1. The summed E-state index contributed by atoms with van der Waals surface area (Å²) >= 11 is 3.59. The quantitative estimate of drug-likeness (QED) is 0.843. The van der Waals surface area contributed by atoms with Gasteiger partial charge in [-0.3, -0.25) is 0 Å². The fourth-order valence-electron chi connectivity index (χ4n) is 1.68. The van der Waals surface area contributed by atoms with E-state index in [9.17, 15) is 0 Å². The molecule has 18 heavy (non-hydrogen) atoms. The Morgan fingerprint density at radius 3 is 2.89 bits per heavy atom. The smallest absolute Gasteiger partial charge is 0.185 e. The maximum atomic E-state index is 4.53. The number of hydrogen-bond donors (Lipinski definition) is 1. The zero-order valence-corrected chi connectivity index (χ0v) is 12.5. The third kappa shape index (κ3) is 3.54. The molecule has 0 aliphatic carbocycles. The molecule has 0 aliphatic heterocycles. The molecule has 5 heteroatoms. The summed E-state index contributed by atoms with van der Waals surface area (Å²) in [4.78, 5) is 9.55. The summed E-state index contributed by atoms with van der Waals surface area (Å²) in [6.07, 6.45) is 1.99. The van der Waals surface area contributed by atoms with Crippen molar-refractivity contribution >= 4 is 27.8 Å². The van der Waals surface area contributed by atoms with E-state index in [1.165, 1.54) is 9.75 Å². The molecule has 0 aliphatic rings. The van der Waals surface area contributed by atoms with Crippen LogP contribution in [0.2, 0.25) is 0 Å². The van der Waals surface area contributed by atoms with Crippen molar-refractivity contribution in [2.45, 2.75) is 26.9 Å². The highest BCUT2D eigenvalue weighted by molar-refractivity contribution is 7.15. The van der Waals surface area contributed by atoms with E-state index in [1.54, 1.807) is 22.7 Å². The average Bonchev–Trinajstić information content (AvgIpc) is 3.04. The van der Waals surface area contributed by atoms with Gasteiger partial charge in [0.05, 0.1) is 6.54 Å². The molecule has 1 N–H and O–H groups in total. The van der Waals surface area contributed by atoms with Crippen molar-refractivity contribution in [2.24, 2.45) is 0 Å². The van der Waals surface area contributed by atoms with Gasteiger partial charge in [-0.25, -0.2) is 4.98 Å². The first-order chi connectivity index (χ1) is 8.83. The largest absolute Gasteiger partial charge is 0.343 e. The molecule has 0 spiro atoms. The Morgan fingerprint density at radius 1 is 1.33 bits per heavy atom. The third-order valence-electron chi connectivity index (χ3n) is 2.67. The number of anilines is 1. The molecule has 2 heterocycles. The monoisotopic (exact) mass is 281 g/mol. The SMILES string of the molecule is CCNCc1cnc(N(CC)Cc2cccs2)s1. The molecule has 2 aromatic rings. The van der Waals surface area contributed by atoms with Crippen molar-refractivity contribution in [1.29, 1.82) is 0 Å². The number of hydrogen-bond acceptors (Lipinski definition) is 5. The van der Waals surface area contributed by atoms with Crippen LogP contribution in [0, 0.1) is 0 Å². The minimum atomic E-state index is 0.921. The minimum Gasteiger partial charge on any atom is -0.343 e. The molecule has 3 nitrogen and oxygen atoms in total. The second-order valence-corrected chi connectivity index (χ2v) is 6.11. The van der Waals surface area contributed by atoms with E-state index in [0.29, 0.717) is 0 Å². The highest BCUT2D eigenvalue weighted by Gasteiger charge is 2.10. The Kier molecular flexibility index (Phi) is 5.16. The van der Waals surface area contributed by atoms with Gasteiger partial charge >= 0.3 is 0 Å². The van der Waals surface area contributed by atoms with Gasteiger partial charge < -0.3 is 10.2 Å². The van der Waals surface area contributed by atoms with Crippen LogP contribution >= 0.6 is 22.7 Å². The van der Waals surface area contributed by atoms with Gasteiger partial charge in [0.15, 0.2) is 5.13 Å². The number of aromatic nitrogens is 1. The average molecular weight is 281 g/mol. The second kappa shape index (κ2) is 6.87. The van der Waals surface area contributed by atoms with Gasteiger partial charge in [0, 0.05) is 29.0 Å². The minimum absolute atomic E-state index is 0.921. The lowest BCUT2D eigenvalue weighted by Crippen LogP contribution is -2.21. The van der Waals surface area contributed by atoms with E-state index < -0.39 is 0 Å². The van der Waals surface area contributed by atoms with Crippen molar-refractivity contribution in [3.05, 3.63) is 33.5 Å². The zero-order valence-electron chi connectivity index (χ0n) is 10.8. The summed E-state index contributed by atoms with van der Waals surface area (Å²) in [6, 6.07) is 4.28. The number of thiazole rings is 1. The molecule has 0 fully saturated rings. The molecule has 0 radical (unpaired) electrons. The van der Waals surface area contributed by atoms with Gasteiger partial charge in [-0.1, -0.05) is 13.0 Å². The molecule has 0 bridgehead atoms. The van der Waals surface area contributed by atoms with E-state index in [-0.39, 0.29) is 0 Å². The topological polar surface area (TPSA) is 28.2 Å². The van der Waals surface area contributed by atoms with Gasteiger partial charge in [-0.15, -0.1) is 22.7 Å². The fraction of sp³-hybridized carbons (Fsp3) is 0.462. The summed E-state index contributed by atoms with van der Waals surface area (Å²) in [5.74, 6) is 0. The number of rotatable bonds is 7. The molecule has 2 rings (SSSR count). The number of thiophene rings is 1. The first-order valence-electron chi connectivity index (χ1n) is 6.26. The van der Waals surface area contributed by atoms with Crippen LogP contribution < -0.4 is 10.2 Å². The lowest BCUT2D eigenvalue weighted by Gasteiger charge is -2.18. The van der Waals surface area contributed by atoms with Crippen molar-refractivity contribution in [3.8, 4) is 0 Å². The van der Waals surface area contributed by atoms with E-state index in [0.717, 1.165) is 31.3 Å². The molecular weight excluding hydrogens is 262 g/mol. The van der Waals surface area contributed by atoms with Crippen LogP contribution in [-0.4, -0.2) is 18.1 Å². The van der Waals surface area contributed by atoms with Crippen molar-refractivity contribution in [3.63, 3.8) is 0 Å². The zero-order chi connectivity index (χ0) is 12.8. The molecule has 0 saturated heterocycles. The van der Waals surface area contributed by atoms with Crippen LogP contribution in [0.4, 0.5) is 5.13 Å². The third-order valence-corrected chi connectivity index (χ3v) is 4.59. The van der Waals surface area contributed by atoms with Gasteiger partial charge in [0.25, 0.3) is 0 Å².